The van der Waals surface area contributed by atoms with Gasteiger partial charge in [0.25, 0.3) is 0 Å². The zero-order chi connectivity index (χ0) is 8.85. The molecule has 0 amide bonds. The standard InChI is InChI=1S/C10H20O/c1-8(2)6-5-7-10(11)9(3)4/h6,9-11H,5,7H2,1-4H3. The molecule has 11 heavy (non-hydrogen) atoms. The van der Waals surface area contributed by atoms with Crippen LogP contribution in [0, 0.1) is 5.92 Å². The Hall–Kier alpha value is -0.300. The number of allylic oxidation sites excluding steroid dienone is 2. The molecule has 0 aliphatic carbocycles. The van der Waals surface area contributed by atoms with E-state index in [1.54, 1.807) is 0 Å². The molecule has 0 saturated carbocycles. The maximum atomic E-state index is 9.41. The highest BCUT2D eigenvalue weighted by Gasteiger charge is 2.06. The van der Waals surface area contributed by atoms with Crippen molar-refractivity contribution in [3.8, 4) is 0 Å². The number of hydrogen-bond acceptors (Lipinski definition) is 1. The van der Waals surface area contributed by atoms with Gasteiger partial charge in [0.2, 0.25) is 0 Å². The van der Waals surface area contributed by atoms with E-state index < -0.39 is 0 Å². The van der Waals surface area contributed by atoms with Gasteiger partial charge in [0.15, 0.2) is 0 Å². The predicted molar refractivity (Wildman–Crippen MR) is 49.5 cm³/mol. The van der Waals surface area contributed by atoms with Gasteiger partial charge in [-0.25, -0.2) is 0 Å². The first-order valence-corrected chi connectivity index (χ1v) is 4.35. The summed E-state index contributed by atoms with van der Waals surface area (Å²) in [6.45, 7) is 8.27. The molecule has 0 bridgehead atoms. The van der Waals surface area contributed by atoms with Crippen LogP contribution in [0.15, 0.2) is 11.6 Å². The monoisotopic (exact) mass is 156 g/mol. The van der Waals surface area contributed by atoms with Crippen LogP contribution in [0.2, 0.25) is 0 Å². The van der Waals surface area contributed by atoms with E-state index in [0.717, 1.165) is 12.8 Å². The number of rotatable bonds is 4. The zero-order valence-electron chi connectivity index (χ0n) is 8.09. The second-order valence-corrected chi connectivity index (χ2v) is 3.67. The first-order chi connectivity index (χ1) is 5.04. The van der Waals surface area contributed by atoms with Crippen LogP contribution in [0.5, 0.6) is 0 Å². The molecule has 0 aromatic rings. The summed E-state index contributed by atoms with van der Waals surface area (Å²) in [5.41, 5.74) is 1.33. The van der Waals surface area contributed by atoms with Crippen molar-refractivity contribution in [3.05, 3.63) is 11.6 Å². The van der Waals surface area contributed by atoms with Gasteiger partial charge >= 0.3 is 0 Å². The molecule has 1 unspecified atom stereocenters. The van der Waals surface area contributed by atoms with Crippen molar-refractivity contribution in [1.29, 1.82) is 0 Å². The molecule has 0 saturated heterocycles. The average molecular weight is 156 g/mol. The lowest BCUT2D eigenvalue weighted by molar-refractivity contribution is 0.117. The van der Waals surface area contributed by atoms with E-state index in [0.29, 0.717) is 5.92 Å². The average Bonchev–Trinajstić information content (AvgIpc) is 1.86. The SMILES string of the molecule is CC(C)=CCCC(O)C(C)C. The van der Waals surface area contributed by atoms with Crippen molar-refractivity contribution in [3.63, 3.8) is 0 Å². The number of aliphatic hydroxyl groups excluding tert-OH is 1. The van der Waals surface area contributed by atoms with Crippen molar-refractivity contribution in [2.24, 2.45) is 5.92 Å². The Kier molecular flexibility index (Phi) is 5.22. The topological polar surface area (TPSA) is 20.2 Å². The highest BCUT2D eigenvalue weighted by molar-refractivity contribution is 4.92. The van der Waals surface area contributed by atoms with Gasteiger partial charge in [-0.3, -0.25) is 0 Å². The Balaban J connectivity index is 3.47. The smallest absolute Gasteiger partial charge is 0.0566 e. The van der Waals surface area contributed by atoms with Gasteiger partial charge in [0, 0.05) is 0 Å². The van der Waals surface area contributed by atoms with Crippen LogP contribution in [0.3, 0.4) is 0 Å². The summed E-state index contributed by atoms with van der Waals surface area (Å²) < 4.78 is 0. The first-order valence-electron chi connectivity index (χ1n) is 4.35. The fraction of sp³-hybridized carbons (Fsp3) is 0.800. The minimum Gasteiger partial charge on any atom is -0.393 e. The molecule has 66 valence electrons. The molecule has 1 N–H and O–H groups in total. The highest BCUT2D eigenvalue weighted by atomic mass is 16.3. The molecule has 0 aliphatic rings. The van der Waals surface area contributed by atoms with Gasteiger partial charge in [-0.15, -0.1) is 0 Å². The molecule has 0 heterocycles. The van der Waals surface area contributed by atoms with Gasteiger partial charge in [-0.1, -0.05) is 25.5 Å². The second-order valence-electron chi connectivity index (χ2n) is 3.67. The van der Waals surface area contributed by atoms with E-state index in [1.807, 2.05) is 13.8 Å². The third kappa shape index (κ3) is 6.11. The van der Waals surface area contributed by atoms with Crippen molar-refractivity contribution in [2.45, 2.75) is 46.6 Å². The summed E-state index contributed by atoms with van der Waals surface area (Å²) in [6.07, 6.45) is 3.93. The summed E-state index contributed by atoms with van der Waals surface area (Å²) in [5, 5.41) is 9.41. The first kappa shape index (κ1) is 10.7. The third-order valence-corrected chi connectivity index (χ3v) is 1.78. The molecule has 0 radical (unpaired) electrons. The molecule has 0 spiro atoms. The molecular formula is C10H20O. The number of hydrogen-bond donors (Lipinski definition) is 1. The van der Waals surface area contributed by atoms with Crippen LogP contribution >= 0.6 is 0 Å². The van der Waals surface area contributed by atoms with Gasteiger partial charge in [-0.05, 0) is 32.6 Å². The fourth-order valence-electron chi connectivity index (χ4n) is 0.876. The third-order valence-electron chi connectivity index (χ3n) is 1.78. The lowest BCUT2D eigenvalue weighted by Crippen LogP contribution is -2.13. The Morgan fingerprint density at radius 1 is 1.36 bits per heavy atom. The highest BCUT2D eigenvalue weighted by Crippen LogP contribution is 2.09. The molecule has 0 aromatic heterocycles. The molecular weight excluding hydrogens is 136 g/mol. The van der Waals surface area contributed by atoms with Crippen LogP contribution in [0.4, 0.5) is 0 Å². The molecule has 1 heteroatoms. The van der Waals surface area contributed by atoms with Crippen LogP contribution in [0.1, 0.15) is 40.5 Å². The molecule has 0 fully saturated rings. The van der Waals surface area contributed by atoms with Gasteiger partial charge < -0.3 is 5.11 Å². The van der Waals surface area contributed by atoms with Crippen molar-refractivity contribution in [2.75, 3.05) is 0 Å². The van der Waals surface area contributed by atoms with Crippen LogP contribution in [-0.2, 0) is 0 Å². The quantitative estimate of drug-likeness (QED) is 0.620. The summed E-state index contributed by atoms with van der Waals surface area (Å²) in [7, 11) is 0. The van der Waals surface area contributed by atoms with E-state index in [4.69, 9.17) is 0 Å². The van der Waals surface area contributed by atoms with E-state index in [2.05, 4.69) is 19.9 Å². The normalized spacial score (nSPS) is 13.3. The summed E-state index contributed by atoms with van der Waals surface area (Å²) in [5.74, 6) is 0.389. The Morgan fingerprint density at radius 2 is 1.91 bits per heavy atom. The van der Waals surface area contributed by atoms with E-state index >= 15 is 0 Å². The van der Waals surface area contributed by atoms with E-state index in [1.165, 1.54) is 5.57 Å². The maximum Gasteiger partial charge on any atom is 0.0566 e. The van der Waals surface area contributed by atoms with Gasteiger partial charge in [0.05, 0.1) is 6.10 Å². The van der Waals surface area contributed by atoms with Gasteiger partial charge in [-0.2, -0.15) is 0 Å². The maximum absolute atomic E-state index is 9.41. The molecule has 0 rings (SSSR count). The molecule has 0 aliphatic heterocycles. The van der Waals surface area contributed by atoms with Crippen molar-refractivity contribution < 1.29 is 5.11 Å². The summed E-state index contributed by atoms with van der Waals surface area (Å²) in [6, 6.07) is 0. The minimum atomic E-state index is -0.134. The predicted octanol–water partition coefficient (Wildman–Crippen LogP) is 2.75. The molecule has 0 aromatic carbocycles. The minimum absolute atomic E-state index is 0.134. The molecule has 1 atom stereocenters. The Bertz CT molecular complexity index is 121. The van der Waals surface area contributed by atoms with Crippen LogP contribution in [-0.4, -0.2) is 11.2 Å². The largest absolute Gasteiger partial charge is 0.393 e. The van der Waals surface area contributed by atoms with Crippen LogP contribution in [0.25, 0.3) is 0 Å². The Labute approximate surface area is 70.1 Å². The zero-order valence-corrected chi connectivity index (χ0v) is 8.09. The number of aliphatic hydroxyl groups is 1. The van der Waals surface area contributed by atoms with Gasteiger partial charge in [0.1, 0.15) is 0 Å². The lowest BCUT2D eigenvalue weighted by Gasteiger charge is -2.12. The Morgan fingerprint density at radius 3 is 2.27 bits per heavy atom. The molecule has 1 nitrogen and oxygen atoms in total. The van der Waals surface area contributed by atoms with E-state index in [9.17, 15) is 5.11 Å². The lowest BCUT2D eigenvalue weighted by atomic mass is 10.0. The van der Waals surface area contributed by atoms with Crippen molar-refractivity contribution in [1.82, 2.24) is 0 Å². The second kappa shape index (κ2) is 5.36. The van der Waals surface area contributed by atoms with Crippen LogP contribution < -0.4 is 0 Å². The van der Waals surface area contributed by atoms with E-state index in [-0.39, 0.29) is 6.10 Å². The summed E-state index contributed by atoms with van der Waals surface area (Å²) >= 11 is 0. The van der Waals surface area contributed by atoms with Crippen molar-refractivity contribution >= 4 is 0 Å². The summed E-state index contributed by atoms with van der Waals surface area (Å²) in [4.78, 5) is 0. The fourth-order valence-corrected chi connectivity index (χ4v) is 0.876.